The summed E-state index contributed by atoms with van der Waals surface area (Å²) >= 11 is 0. The Balaban J connectivity index is 1.52. The van der Waals surface area contributed by atoms with Crippen LogP contribution >= 0.6 is 0 Å². The molecule has 3 aromatic carbocycles. The van der Waals surface area contributed by atoms with Gasteiger partial charge in [-0.05, 0) is 42.3 Å². The van der Waals surface area contributed by atoms with Crippen LogP contribution in [-0.2, 0) is 5.41 Å². The fourth-order valence-corrected chi connectivity index (χ4v) is 5.25. The third kappa shape index (κ3) is 3.05. The molecule has 1 unspecified atom stereocenters. The number of para-hydroxylation sites is 3. The minimum absolute atomic E-state index is 0.0373. The molecule has 2 heterocycles. The molecule has 0 bridgehead atoms. The van der Waals surface area contributed by atoms with Gasteiger partial charge in [-0.15, -0.1) is 0 Å². The van der Waals surface area contributed by atoms with E-state index in [-0.39, 0.29) is 11.5 Å². The van der Waals surface area contributed by atoms with Crippen LogP contribution in [0.15, 0.2) is 66.7 Å². The molecular formula is C28H31N3O. The Kier molecular flexibility index (Phi) is 4.89. The van der Waals surface area contributed by atoms with Crippen LogP contribution in [-0.4, -0.2) is 26.7 Å². The fourth-order valence-electron chi connectivity index (χ4n) is 5.25. The molecule has 164 valence electrons. The van der Waals surface area contributed by atoms with Crippen molar-refractivity contribution in [3.05, 3.63) is 77.9 Å². The largest absolute Gasteiger partial charge is 0.492 e. The zero-order chi connectivity index (χ0) is 22.5. The van der Waals surface area contributed by atoms with Crippen LogP contribution < -0.4 is 19.9 Å². The Morgan fingerprint density at radius 1 is 0.906 bits per heavy atom. The van der Waals surface area contributed by atoms with E-state index < -0.39 is 0 Å². The molecule has 0 spiro atoms. The molecule has 0 fully saturated rings. The number of nitrogens with zero attached hydrogens (tertiary/aromatic N) is 2. The van der Waals surface area contributed by atoms with E-state index in [2.05, 4.69) is 104 Å². The SMILES string of the molecule is CCOc1cccc2c1Nc1c(/C=C/C3N(C)c4ccccc4C3(C)C)cccc1N2C. The normalized spacial score (nSPS) is 18.2. The highest BCUT2D eigenvalue weighted by molar-refractivity contribution is 5.97. The fraction of sp³-hybridized carbons (Fsp3) is 0.286. The van der Waals surface area contributed by atoms with Crippen LogP contribution in [0.5, 0.6) is 5.75 Å². The Labute approximate surface area is 191 Å². The number of hydrogen-bond acceptors (Lipinski definition) is 4. The van der Waals surface area contributed by atoms with E-state index >= 15 is 0 Å². The predicted molar refractivity (Wildman–Crippen MR) is 136 cm³/mol. The van der Waals surface area contributed by atoms with Crippen LogP contribution in [0, 0.1) is 0 Å². The molecule has 0 aliphatic carbocycles. The number of hydrogen-bond donors (Lipinski definition) is 1. The number of anilines is 5. The first-order valence-electron chi connectivity index (χ1n) is 11.3. The van der Waals surface area contributed by atoms with Gasteiger partial charge < -0.3 is 19.9 Å². The van der Waals surface area contributed by atoms with E-state index in [1.165, 1.54) is 16.8 Å². The van der Waals surface area contributed by atoms with Crippen molar-refractivity contribution in [1.82, 2.24) is 0 Å². The molecule has 2 aliphatic rings. The standard InChI is InChI=1S/C28H31N3O/c1-6-32-24-16-10-15-23-27(24)29-26-19(11-9-14-22(26)30(23)4)17-18-25-28(2,3)20-12-7-8-13-21(20)31(25)5/h7-18,25,29H,6H2,1-5H3/b18-17+. The highest BCUT2D eigenvalue weighted by Crippen LogP contribution is 2.49. The van der Waals surface area contributed by atoms with Crippen molar-refractivity contribution in [3.8, 4) is 5.75 Å². The molecule has 0 aromatic heterocycles. The summed E-state index contributed by atoms with van der Waals surface area (Å²) in [5.41, 5.74) is 8.35. The van der Waals surface area contributed by atoms with E-state index in [1.54, 1.807) is 0 Å². The van der Waals surface area contributed by atoms with E-state index in [4.69, 9.17) is 4.74 Å². The summed E-state index contributed by atoms with van der Waals surface area (Å²) < 4.78 is 5.91. The number of fused-ring (bicyclic) bond motifs is 3. The monoisotopic (exact) mass is 425 g/mol. The number of likely N-dealkylation sites (N-methyl/N-ethyl adjacent to an activating group) is 1. The third-order valence-electron chi connectivity index (χ3n) is 6.94. The van der Waals surface area contributed by atoms with Crippen molar-refractivity contribution in [1.29, 1.82) is 0 Å². The Morgan fingerprint density at radius 2 is 1.59 bits per heavy atom. The van der Waals surface area contributed by atoms with Crippen molar-refractivity contribution in [2.45, 2.75) is 32.2 Å². The average molecular weight is 426 g/mol. The minimum Gasteiger partial charge on any atom is -0.492 e. The molecule has 0 radical (unpaired) electrons. The van der Waals surface area contributed by atoms with E-state index in [9.17, 15) is 0 Å². The lowest BCUT2D eigenvalue weighted by molar-refractivity contribution is 0.342. The molecule has 1 N–H and O–H groups in total. The van der Waals surface area contributed by atoms with Crippen LogP contribution in [0.4, 0.5) is 28.4 Å². The second-order valence-corrected chi connectivity index (χ2v) is 9.16. The Hall–Kier alpha value is -3.40. The van der Waals surface area contributed by atoms with Crippen LogP contribution in [0.2, 0.25) is 0 Å². The summed E-state index contributed by atoms with van der Waals surface area (Å²) in [6.07, 6.45) is 4.62. The molecule has 0 saturated heterocycles. The van der Waals surface area contributed by atoms with Gasteiger partial charge in [0.1, 0.15) is 11.4 Å². The molecular weight excluding hydrogens is 394 g/mol. The first-order valence-corrected chi connectivity index (χ1v) is 11.3. The lowest BCUT2D eigenvalue weighted by Crippen LogP contribution is -2.37. The maximum absolute atomic E-state index is 5.91. The topological polar surface area (TPSA) is 27.7 Å². The van der Waals surface area contributed by atoms with Crippen LogP contribution in [0.25, 0.3) is 6.08 Å². The highest BCUT2D eigenvalue weighted by Gasteiger charge is 2.41. The second kappa shape index (κ2) is 7.63. The molecule has 32 heavy (non-hydrogen) atoms. The summed E-state index contributed by atoms with van der Waals surface area (Å²) in [6.45, 7) is 7.33. The molecule has 0 amide bonds. The maximum Gasteiger partial charge on any atom is 0.144 e. The average Bonchev–Trinajstić information content (AvgIpc) is 2.99. The first-order chi connectivity index (χ1) is 15.4. The van der Waals surface area contributed by atoms with Crippen molar-refractivity contribution < 1.29 is 4.74 Å². The van der Waals surface area contributed by atoms with Crippen molar-refractivity contribution in [2.24, 2.45) is 0 Å². The van der Waals surface area contributed by atoms with Gasteiger partial charge >= 0.3 is 0 Å². The van der Waals surface area contributed by atoms with Crippen molar-refractivity contribution in [2.75, 3.05) is 35.8 Å². The smallest absolute Gasteiger partial charge is 0.144 e. The highest BCUT2D eigenvalue weighted by atomic mass is 16.5. The van der Waals surface area contributed by atoms with Gasteiger partial charge in [-0.3, -0.25) is 0 Å². The van der Waals surface area contributed by atoms with E-state index in [1.807, 2.05) is 19.1 Å². The quantitative estimate of drug-likeness (QED) is 0.502. The van der Waals surface area contributed by atoms with Crippen molar-refractivity contribution >= 4 is 34.5 Å². The molecule has 1 atom stereocenters. The summed E-state index contributed by atoms with van der Waals surface area (Å²) in [5, 5.41) is 3.69. The number of ether oxygens (including phenoxy) is 1. The summed E-state index contributed by atoms with van der Waals surface area (Å²) in [7, 11) is 4.31. The van der Waals surface area contributed by atoms with Gasteiger partial charge in [0.25, 0.3) is 0 Å². The minimum atomic E-state index is 0.0373. The lowest BCUT2D eigenvalue weighted by Gasteiger charge is -2.33. The molecule has 4 heteroatoms. The van der Waals surface area contributed by atoms with Gasteiger partial charge in [0, 0.05) is 25.2 Å². The number of rotatable bonds is 4. The Bertz CT molecular complexity index is 1200. The van der Waals surface area contributed by atoms with Gasteiger partial charge in [0.05, 0.1) is 29.7 Å². The van der Waals surface area contributed by atoms with E-state index in [0.29, 0.717) is 6.61 Å². The van der Waals surface area contributed by atoms with Gasteiger partial charge in [-0.2, -0.15) is 0 Å². The van der Waals surface area contributed by atoms with Crippen LogP contribution in [0.3, 0.4) is 0 Å². The zero-order valence-electron chi connectivity index (χ0n) is 19.5. The Morgan fingerprint density at radius 3 is 2.34 bits per heavy atom. The van der Waals surface area contributed by atoms with Gasteiger partial charge in [-0.25, -0.2) is 0 Å². The number of benzene rings is 3. The second-order valence-electron chi connectivity index (χ2n) is 9.16. The molecule has 4 nitrogen and oxygen atoms in total. The van der Waals surface area contributed by atoms with Crippen molar-refractivity contribution in [3.63, 3.8) is 0 Å². The maximum atomic E-state index is 5.91. The molecule has 0 saturated carbocycles. The molecule has 5 rings (SSSR count). The predicted octanol–water partition coefficient (Wildman–Crippen LogP) is 6.72. The third-order valence-corrected chi connectivity index (χ3v) is 6.94. The van der Waals surface area contributed by atoms with Crippen LogP contribution in [0.1, 0.15) is 31.9 Å². The lowest BCUT2D eigenvalue weighted by atomic mass is 9.80. The first kappa shape index (κ1) is 20.5. The van der Waals surface area contributed by atoms with Gasteiger partial charge in [0.15, 0.2) is 0 Å². The zero-order valence-corrected chi connectivity index (χ0v) is 19.5. The van der Waals surface area contributed by atoms with Gasteiger partial charge in [0.2, 0.25) is 0 Å². The van der Waals surface area contributed by atoms with E-state index in [0.717, 1.165) is 28.5 Å². The van der Waals surface area contributed by atoms with Gasteiger partial charge in [-0.1, -0.05) is 62.4 Å². The molecule has 3 aromatic rings. The number of nitrogens with one attached hydrogen (secondary N) is 1. The summed E-state index contributed by atoms with van der Waals surface area (Å²) in [5.74, 6) is 0.883. The summed E-state index contributed by atoms with van der Waals surface area (Å²) in [6, 6.07) is 21.7. The summed E-state index contributed by atoms with van der Waals surface area (Å²) in [4.78, 5) is 4.63. The molecule has 2 aliphatic heterocycles.